The molecule has 0 aliphatic carbocycles. The van der Waals surface area contributed by atoms with Gasteiger partial charge in [0.25, 0.3) is 5.91 Å². The average Bonchev–Trinajstić information content (AvgIpc) is 2.92. The molecule has 3 rings (SSSR count). The molecule has 2 N–H and O–H groups in total. The van der Waals surface area contributed by atoms with Crippen LogP contribution >= 0.6 is 11.6 Å². The normalized spacial score (nSPS) is 10.9. The zero-order valence-electron chi connectivity index (χ0n) is 13.2. The van der Waals surface area contributed by atoms with Gasteiger partial charge in [0.2, 0.25) is 0 Å². The molecule has 118 valence electrons. The zero-order chi connectivity index (χ0) is 16.4. The summed E-state index contributed by atoms with van der Waals surface area (Å²) in [6, 6.07) is 11.6. The second kappa shape index (κ2) is 6.47. The fourth-order valence-corrected chi connectivity index (χ4v) is 2.82. The third-order valence-electron chi connectivity index (χ3n) is 4.18. The summed E-state index contributed by atoms with van der Waals surface area (Å²) in [5, 5.41) is 4.81. The lowest BCUT2D eigenvalue weighted by Crippen LogP contribution is -2.25. The van der Waals surface area contributed by atoms with E-state index in [-0.39, 0.29) is 5.91 Å². The molecule has 3 nitrogen and oxygen atoms in total. The van der Waals surface area contributed by atoms with Crippen molar-refractivity contribution < 1.29 is 4.79 Å². The summed E-state index contributed by atoms with van der Waals surface area (Å²) < 4.78 is 0. The lowest BCUT2D eigenvalue weighted by atomic mass is 10.1. The minimum absolute atomic E-state index is 0.0361. The van der Waals surface area contributed by atoms with E-state index in [0.717, 1.165) is 33.5 Å². The van der Waals surface area contributed by atoms with Crippen molar-refractivity contribution in [3.05, 3.63) is 69.9 Å². The van der Waals surface area contributed by atoms with Crippen molar-refractivity contribution in [1.82, 2.24) is 10.3 Å². The van der Waals surface area contributed by atoms with Gasteiger partial charge in [0, 0.05) is 34.2 Å². The molecule has 0 saturated heterocycles. The van der Waals surface area contributed by atoms with Crippen LogP contribution in [0.3, 0.4) is 0 Å². The maximum atomic E-state index is 12.2. The molecule has 0 spiro atoms. The van der Waals surface area contributed by atoms with E-state index in [2.05, 4.69) is 10.3 Å². The maximum absolute atomic E-state index is 12.2. The van der Waals surface area contributed by atoms with Gasteiger partial charge < -0.3 is 10.3 Å². The number of carbonyl (C=O) groups is 1. The molecule has 0 bridgehead atoms. The third kappa shape index (κ3) is 3.40. The Morgan fingerprint density at radius 2 is 1.96 bits per heavy atom. The van der Waals surface area contributed by atoms with Crippen LogP contribution in [0.4, 0.5) is 0 Å². The van der Waals surface area contributed by atoms with Crippen LogP contribution < -0.4 is 5.32 Å². The highest BCUT2D eigenvalue weighted by atomic mass is 35.5. The quantitative estimate of drug-likeness (QED) is 0.733. The van der Waals surface area contributed by atoms with Crippen LogP contribution in [0.15, 0.2) is 42.6 Å². The van der Waals surface area contributed by atoms with E-state index in [1.54, 1.807) is 0 Å². The van der Waals surface area contributed by atoms with Crippen molar-refractivity contribution in [3.8, 4) is 0 Å². The van der Waals surface area contributed by atoms with Crippen LogP contribution in [0.1, 0.15) is 27.0 Å². The Morgan fingerprint density at radius 1 is 1.13 bits per heavy atom. The number of aryl methyl sites for hydroxylation is 2. The number of aromatic amines is 1. The SMILES string of the molecule is Cc1ccc(C(=O)NCCc2c[nH]c3ccc(Cl)cc23)cc1C. The van der Waals surface area contributed by atoms with Gasteiger partial charge in [0.1, 0.15) is 0 Å². The molecular weight excluding hydrogens is 308 g/mol. The van der Waals surface area contributed by atoms with Crippen molar-refractivity contribution in [2.24, 2.45) is 0 Å². The number of H-pyrrole nitrogens is 1. The Bertz CT molecular complexity index is 867. The maximum Gasteiger partial charge on any atom is 0.251 e. The Morgan fingerprint density at radius 3 is 2.74 bits per heavy atom. The Labute approximate surface area is 140 Å². The van der Waals surface area contributed by atoms with Crippen LogP contribution in [0, 0.1) is 13.8 Å². The van der Waals surface area contributed by atoms with E-state index in [0.29, 0.717) is 12.1 Å². The standard InChI is InChI=1S/C19H19ClN2O/c1-12-3-4-14(9-13(12)2)19(23)21-8-7-15-11-22-18-6-5-16(20)10-17(15)18/h3-6,9-11,22H,7-8H2,1-2H3,(H,21,23). The van der Waals surface area contributed by atoms with Crippen LogP contribution in [0.2, 0.25) is 5.02 Å². The molecule has 0 radical (unpaired) electrons. The molecule has 0 fully saturated rings. The van der Waals surface area contributed by atoms with Gasteiger partial charge in [-0.15, -0.1) is 0 Å². The number of halogens is 1. The molecule has 1 heterocycles. The molecule has 23 heavy (non-hydrogen) atoms. The first-order valence-electron chi connectivity index (χ1n) is 7.65. The van der Waals surface area contributed by atoms with E-state index < -0.39 is 0 Å². The summed E-state index contributed by atoms with van der Waals surface area (Å²) in [6.45, 7) is 4.65. The van der Waals surface area contributed by atoms with Crippen LogP contribution in [0.5, 0.6) is 0 Å². The lowest BCUT2D eigenvalue weighted by molar-refractivity contribution is 0.0954. The number of hydrogen-bond donors (Lipinski definition) is 2. The number of amides is 1. The van der Waals surface area contributed by atoms with Crippen LogP contribution in [-0.4, -0.2) is 17.4 Å². The van der Waals surface area contributed by atoms with E-state index in [1.165, 1.54) is 5.56 Å². The van der Waals surface area contributed by atoms with Crippen LogP contribution in [0.25, 0.3) is 10.9 Å². The fourth-order valence-electron chi connectivity index (χ4n) is 2.65. The van der Waals surface area contributed by atoms with Crippen molar-refractivity contribution in [2.75, 3.05) is 6.54 Å². The van der Waals surface area contributed by atoms with Crippen LogP contribution in [-0.2, 0) is 6.42 Å². The molecule has 1 aromatic heterocycles. The minimum atomic E-state index is -0.0361. The van der Waals surface area contributed by atoms with E-state index >= 15 is 0 Å². The first-order valence-corrected chi connectivity index (χ1v) is 8.03. The van der Waals surface area contributed by atoms with E-state index in [1.807, 2.05) is 56.4 Å². The van der Waals surface area contributed by atoms with Crippen molar-refractivity contribution in [1.29, 1.82) is 0 Å². The second-order valence-electron chi connectivity index (χ2n) is 5.81. The molecular formula is C19H19ClN2O. The lowest BCUT2D eigenvalue weighted by Gasteiger charge is -2.07. The summed E-state index contributed by atoms with van der Waals surface area (Å²) in [7, 11) is 0. The molecule has 3 aromatic rings. The number of benzene rings is 2. The number of carbonyl (C=O) groups excluding carboxylic acids is 1. The van der Waals surface area contributed by atoms with Gasteiger partial charge >= 0.3 is 0 Å². The molecule has 0 atom stereocenters. The third-order valence-corrected chi connectivity index (χ3v) is 4.41. The predicted molar refractivity (Wildman–Crippen MR) is 95.3 cm³/mol. The number of rotatable bonds is 4. The second-order valence-corrected chi connectivity index (χ2v) is 6.25. The topological polar surface area (TPSA) is 44.9 Å². The van der Waals surface area contributed by atoms with Gasteiger partial charge in [0.15, 0.2) is 0 Å². The average molecular weight is 327 g/mol. The molecule has 1 amide bonds. The zero-order valence-corrected chi connectivity index (χ0v) is 14.0. The number of aromatic nitrogens is 1. The molecule has 0 saturated carbocycles. The Balaban J connectivity index is 1.65. The van der Waals surface area contributed by atoms with Crippen molar-refractivity contribution in [2.45, 2.75) is 20.3 Å². The summed E-state index contributed by atoms with van der Waals surface area (Å²) in [5.41, 5.74) is 5.24. The number of fused-ring (bicyclic) bond motifs is 1. The summed E-state index contributed by atoms with van der Waals surface area (Å²) in [5.74, 6) is -0.0361. The van der Waals surface area contributed by atoms with E-state index in [9.17, 15) is 4.79 Å². The Hall–Kier alpha value is -2.26. The van der Waals surface area contributed by atoms with E-state index in [4.69, 9.17) is 11.6 Å². The molecule has 4 heteroatoms. The fraction of sp³-hybridized carbons (Fsp3) is 0.211. The summed E-state index contributed by atoms with van der Waals surface area (Å²) >= 11 is 6.06. The van der Waals surface area contributed by atoms with Crippen molar-refractivity contribution >= 4 is 28.4 Å². The smallest absolute Gasteiger partial charge is 0.251 e. The highest BCUT2D eigenvalue weighted by Crippen LogP contribution is 2.22. The highest BCUT2D eigenvalue weighted by Gasteiger charge is 2.08. The summed E-state index contributed by atoms with van der Waals surface area (Å²) in [6.07, 6.45) is 2.74. The largest absolute Gasteiger partial charge is 0.361 e. The van der Waals surface area contributed by atoms with Gasteiger partial charge in [-0.1, -0.05) is 17.7 Å². The first kappa shape index (κ1) is 15.6. The number of hydrogen-bond acceptors (Lipinski definition) is 1. The molecule has 0 aliphatic heterocycles. The highest BCUT2D eigenvalue weighted by molar-refractivity contribution is 6.31. The minimum Gasteiger partial charge on any atom is -0.361 e. The van der Waals surface area contributed by atoms with Gasteiger partial charge in [-0.25, -0.2) is 0 Å². The molecule has 2 aromatic carbocycles. The monoisotopic (exact) mass is 326 g/mol. The number of nitrogens with one attached hydrogen (secondary N) is 2. The van der Waals surface area contributed by atoms with Gasteiger partial charge in [-0.3, -0.25) is 4.79 Å². The van der Waals surface area contributed by atoms with Gasteiger partial charge in [0.05, 0.1) is 0 Å². The molecule has 0 unspecified atom stereocenters. The predicted octanol–water partition coefficient (Wildman–Crippen LogP) is 4.41. The van der Waals surface area contributed by atoms with Gasteiger partial charge in [-0.05, 0) is 67.3 Å². The molecule has 0 aliphatic rings. The Kier molecular flexibility index (Phi) is 4.39. The van der Waals surface area contributed by atoms with Gasteiger partial charge in [-0.2, -0.15) is 0 Å². The first-order chi connectivity index (χ1) is 11.0. The summed E-state index contributed by atoms with van der Waals surface area (Å²) in [4.78, 5) is 15.4. The van der Waals surface area contributed by atoms with Crippen molar-refractivity contribution in [3.63, 3.8) is 0 Å².